The van der Waals surface area contributed by atoms with Gasteiger partial charge in [-0.3, -0.25) is 0 Å². The van der Waals surface area contributed by atoms with E-state index in [0.29, 0.717) is 16.4 Å². The molecule has 2 aromatic carbocycles. The highest BCUT2D eigenvalue weighted by atomic mass is 79.9. The number of halogens is 2. The van der Waals surface area contributed by atoms with Gasteiger partial charge in [-0.25, -0.2) is 4.79 Å². The zero-order chi connectivity index (χ0) is 15.4. The summed E-state index contributed by atoms with van der Waals surface area (Å²) in [7, 11) is 0. The van der Waals surface area contributed by atoms with Crippen molar-refractivity contribution >= 4 is 44.9 Å². The average molecular weight is 369 g/mol. The van der Waals surface area contributed by atoms with E-state index in [1.54, 1.807) is 18.2 Å². The second-order valence-corrected chi connectivity index (χ2v) is 5.88. The number of carbonyl (C=O) groups excluding carboxylic acids is 1. The minimum absolute atomic E-state index is 0.0815. The van der Waals surface area contributed by atoms with Gasteiger partial charge in [-0.15, -0.1) is 0 Å². The molecule has 2 amide bonds. The van der Waals surface area contributed by atoms with Gasteiger partial charge in [-0.1, -0.05) is 23.7 Å². The number of nitrogens with two attached hydrogens (primary N) is 1. The van der Waals surface area contributed by atoms with Crippen molar-refractivity contribution in [1.82, 2.24) is 0 Å². The van der Waals surface area contributed by atoms with Crippen LogP contribution in [-0.4, -0.2) is 6.03 Å². The highest BCUT2D eigenvalue weighted by Crippen LogP contribution is 2.25. The SMILES string of the molecule is CC(N)c1cccc(NC(=O)Nc2ccc(Cl)c(Br)c2)c1. The third-order valence-electron chi connectivity index (χ3n) is 2.85. The standard InChI is InChI=1S/C15H15BrClN3O/c1-9(18)10-3-2-4-11(7-10)19-15(21)20-12-5-6-14(17)13(16)8-12/h2-9H,18H2,1H3,(H2,19,20,21). The Morgan fingerprint density at radius 3 is 2.48 bits per heavy atom. The normalized spacial score (nSPS) is 11.8. The van der Waals surface area contributed by atoms with Gasteiger partial charge in [0.15, 0.2) is 0 Å². The van der Waals surface area contributed by atoms with Crippen LogP contribution < -0.4 is 16.4 Å². The lowest BCUT2D eigenvalue weighted by Gasteiger charge is -2.11. The summed E-state index contributed by atoms with van der Waals surface area (Å²) >= 11 is 9.22. The summed E-state index contributed by atoms with van der Waals surface area (Å²) in [4.78, 5) is 12.0. The molecule has 2 aromatic rings. The summed E-state index contributed by atoms with van der Waals surface area (Å²) in [6.45, 7) is 1.89. The fourth-order valence-corrected chi connectivity index (χ4v) is 2.26. The maximum Gasteiger partial charge on any atom is 0.323 e. The van der Waals surface area contributed by atoms with Crippen molar-refractivity contribution < 1.29 is 4.79 Å². The van der Waals surface area contributed by atoms with Gasteiger partial charge in [0.05, 0.1) is 5.02 Å². The molecule has 1 atom stereocenters. The fraction of sp³-hybridized carbons (Fsp3) is 0.133. The van der Waals surface area contributed by atoms with Gasteiger partial charge < -0.3 is 16.4 Å². The molecular weight excluding hydrogens is 354 g/mol. The molecule has 0 radical (unpaired) electrons. The summed E-state index contributed by atoms with van der Waals surface area (Å²) in [6.07, 6.45) is 0. The van der Waals surface area contributed by atoms with Crippen LogP contribution in [0.1, 0.15) is 18.5 Å². The van der Waals surface area contributed by atoms with Crippen LogP contribution in [-0.2, 0) is 0 Å². The van der Waals surface area contributed by atoms with E-state index >= 15 is 0 Å². The molecule has 0 saturated heterocycles. The maximum atomic E-state index is 12.0. The Kier molecular flexibility index (Phi) is 5.22. The van der Waals surface area contributed by atoms with Crippen LogP contribution in [0.15, 0.2) is 46.9 Å². The smallest absolute Gasteiger partial charge is 0.323 e. The van der Waals surface area contributed by atoms with E-state index in [2.05, 4.69) is 26.6 Å². The van der Waals surface area contributed by atoms with Crippen molar-refractivity contribution in [3.05, 3.63) is 57.5 Å². The minimum atomic E-state index is -0.328. The lowest BCUT2D eigenvalue weighted by atomic mass is 10.1. The van der Waals surface area contributed by atoms with Gasteiger partial charge in [-0.2, -0.15) is 0 Å². The number of amides is 2. The van der Waals surface area contributed by atoms with Gasteiger partial charge in [0.25, 0.3) is 0 Å². The molecule has 0 fully saturated rings. The summed E-state index contributed by atoms with van der Waals surface area (Å²) in [6, 6.07) is 12.2. The summed E-state index contributed by atoms with van der Waals surface area (Å²) in [5.41, 5.74) is 8.12. The van der Waals surface area contributed by atoms with Crippen LogP contribution in [0.3, 0.4) is 0 Å². The van der Waals surface area contributed by atoms with E-state index in [0.717, 1.165) is 10.0 Å². The Balaban J connectivity index is 2.04. The van der Waals surface area contributed by atoms with Crippen LogP contribution in [0.25, 0.3) is 0 Å². The van der Waals surface area contributed by atoms with Gasteiger partial charge in [0.2, 0.25) is 0 Å². The Morgan fingerprint density at radius 2 is 1.86 bits per heavy atom. The molecule has 0 aliphatic heterocycles. The second kappa shape index (κ2) is 6.93. The third kappa shape index (κ3) is 4.46. The first-order chi connectivity index (χ1) is 9.95. The van der Waals surface area contributed by atoms with Crippen LogP contribution in [0.2, 0.25) is 5.02 Å². The first-order valence-electron chi connectivity index (χ1n) is 6.34. The number of rotatable bonds is 3. The number of nitrogens with one attached hydrogen (secondary N) is 2. The number of urea groups is 1. The molecule has 110 valence electrons. The van der Waals surface area contributed by atoms with Crippen molar-refractivity contribution in [2.24, 2.45) is 5.73 Å². The minimum Gasteiger partial charge on any atom is -0.324 e. The molecule has 2 rings (SSSR count). The molecule has 4 N–H and O–H groups in total. The van der Waals surface area contributed by atoms with E-state index in [9.17, 15) is 4.79 Å². The average Bonchev–Trinajstić information content (AvgIpc) is 2.43. The number of benzene rings is 2. The van der Waals surface area contributed by atoms with E-state index in [4.69, 9.17) is 17.3 Å². The van der Waals surface area contributed by atoms with E-state index in [-0.39, 0.29) is 12.1 Å². The summed E-state index contributed by atoms with van der Waals surface area (Å²) in [5, 5.41) is 6.09. The monoisotopic (exact) mass is 367 g/mol. The number of hydrogen-bond acceptors (Lipinski definition) is 2. The Morgan fingerprint density at radius 1 is 1.19 bits per heavy atom. The van der Waals surface area contributed by atoms with E-state index in [1.807, 2.05) is 31.2 Å². The fourth-order valence-electron chi connectivity index (χ4n) is 1.77. The zero-order valence-corrected chi connectivity index (χ0v) is 13.7. The Labute approximate surface area is 136 Å². The van der Waals surface area contributed by atoms with Crippen LogP contribution in [0, 0.1) is 0 Å². The molecular formula is C15H15BrClN3O. The maximum absolute atomic E-state index is 12.0. The van der Waals surface area contributed by atoms with Gasteiger partial charge in [0.1, 0.15) is 0 Å². The summed E-state index contributed by atoms with van der Waals surface area (Å²) < 4.78 is 0.723. The molecule has 1 unspecified atom stereocenters. The molecule has 0 saturated carbocycles. The predicted octanol–water partition coefficient (Wildman–Crippen LogP) is 4.77. The molecule has 0 aliphatic rings. The third-order valence-corrected chi connectivity index (χ3v) is 4.06. The summed E-state index contributed by atoms with van der Waals surface area (Å²) in [5.74, 6) is 0. The molecule has 0 aliphatic carbocycles. The van der Waals surface area contributed by atoms with Crippen molar-refractivity contribution in [3.8, 4) is 0 Å². The predicted molar refractivity (Wildman–Crippen MR) is 90.8 cm³/mol. The quantitative estimate of drug-likeness (QED) is 0.730. The van der Waals surface area contributed by atoms with Crippen molar-refractivity contribution in [3.63, 3.8) is 0 Å². The van der Waals surface area contributed by atoms with E-state index < -0.39 is 0 Å². The van der Waals surface area contributed by atoms with Crippen LogP contribution >= 0.6 is 27.5 Å². The Hall–Kier alpha value is -1.56. The largest absolute Gasteiger partial charge is 0.324 e. The molecule has 0 heterocycles. The van der Waals surface area contributed by atoms with Gasteiger partial charge in [0, 0.05) is 21.9 Å². The van der Waals surface area contributed by atoms with Crippen molar-refractivity contribution in [1.29, 1.82) is 0 Å². The van der Waals surface area contributed by atoms with Crippen molar-refractivity contribution in [2.75, 3.05) is 10.6 Å². The molecule has 0 aromatic heterocycles. The highest BCUT2D eigenvalue weighted by Gasteiger charge is 2.06. The lowest BCUT2D eigenvalue weighted by Crippen LogP contribution is -2.19. The first-order valence-corrected chi connectivity index (χ1v) is 7.51. The second-order valence-electron chi connectivity index (χ2n) is 4.62. The van der Waals surface area contributed by atoms with Gasteiger partial charge in [-0.05, 0) is 58.7 Å². The topological polar surface area (TPSA) is 67.1 Å². The highest BCUT2D eigenvalue weighted by molar-refractivity contribution is 9.10. The van der Waals surface area contributed by atoms with Crippen molar-refractivity contribution in [2.45, 2.75) is 13.0 Å². The van der Waals surface area contributed by atoms with E-state index in [1.165, 1.54) is 0 Å². The molecule has 6 heteroatoms. The molecule has 0 bridgehead atoms. The number of anilines is 2. The Bertz CT molecular complexity index is 661. The number of carbonyl (C=O) groups is 1. The van der Waals surface area contributed by atoms with Crippen LogP contribution in [0.5, 0.6) is 0 Å². The zero-order valence-electron chi connectivity index (χ0n) is 11.4. The molecule has 0 spiro atoms. The first kappa shape index (κ1) is 15.8. The number of hydrogen-bond donors (Lipinski definition) is 3. The van der Waals surface area contributed by atoms with Gasteiger partial charge >= 0.3 is 6.03 Å². The lowest BCUT2D eigenvalue weighted by molar-refractivity contribution is 0.262. The molecule has 4 nitrogen and oxygen atoms in total. The molecule has 21 heavy (non-hydrogen) atoms. The van der Waals surface area contributed by atoms with Crippen LogP contribution in [0.4, 0.5) is 16.2 Å².